The predicted octanol–water partition coefficient (Wildman–Crippen LogP) is 0.884. The number of pyridine rings is 1. The summed E-state index contributed by atoms with van der Waals surface area (Å²) in [6, 6.07) is 1.83. The first-order chi connectivity index (χ1) is 7.31. The Morgan fingerprint density at radius 3 is 3.27 bits per heavy atom. The van der Waals surface area contributed by atoms with Gasteiger partial charge in [-0.25, -0.2) is 0 Å². The Balaban J connectivity index is 2.25. The fourth-order valence-electron chi connectivity index (χ4n) is 1.38. The maximum atomic E-state index is 11.2. The Kier molecular flexibility index (Phi) is 2.64. The van der Waals surface area contributed by atoms with Gasteiger partial charge in [-0.1, -0.05) is 0 Å². The molecule has 0 saturated heterocycles. The molecule has 5 heteroatoms. The van der Waals surface area contributed by atoms with Crippen LogP contribution in [0.1, 0.15) is 6.42 Å². The molecular weight excluding hydrogens is 194 g/mol. The van der Waals surface area contributed by atoms with E-state index in [-0.39, 0.29) is 18.9 Å². The monoisotopic (exact) mass is 205 g/mol. The number of aliphatic hydroxyl groups excluding tert-OH is 1. The van der Waals surface area contributed by atoms with Gasteiger partial charge in [0.05, 0.1) is 24.2 Å². The van der Waals surface area contributed by atoms with E-state index in [1.54, 1.807) is 18.6 Å². The summed E-state index contributed by atoms with van der Waals surface area (Å²) in [6.07, 6.45) is 5.17. The molecule has 2 aromatic rings. The van der Waals surface area contributed by atoms with Crippen molar-refractivity contribution in [2.75, 3.05) is 11.9 Å². The number of nitrogens with zero attached hydrogens (tertiary/aromatic N) is 1. The van der Waals surface area contributed by atoms with Crippen LogP contribution in [0.5, 0.6) is 0 Å². The third kappa shape index (κ3) is 1.97. The van der Waals surface area contributed by atoms with E-state index in [0.717, 1.165) is 10.9 Å². The van der Waals surface area contributed by atoms with Gasteiger partial charge >= 0.3 is 0 Å². The van der Waals surface area contributed by atoms with Gasteiger partial charge in [0.15, 0.2) is 0 Å². The average molecular weight is 205 g/mol. The molecule has 15 heavy (non-hydrogen) atoms. The van der Waals surface area contributed by atoms with Crippen LogP contribution in [0.25, 0.3) is 10.9 Å². The van der Waals surface area contributed by atoms with Gasteiger partial charge < -0.3 is 15.4 Å². The van der Waals surface area contributed by atoms with Crippen LogP contribution in [0.15, 0.2) is 24.7 Å². The van der Waals surface area contributed by atoms with E-state index in [0.29, 0.717) is 5.69 Å². The number of amides is 1. The molecular formula is C10H11N3O2. The van der Waals surface area contributed by atoms with E-state index >= 15 is 0 Å². The minimum Gasteiger partial charge on any atom is -0.396 e. The number of hydrogen-bond donors (Lipinski definition) is 3. The van der Waals surface area contributed by atoms with Crippen LogP contribution >= 0.6 is 0 Å². The predicted molar refractivity (Wildman–Crippen MR) is 56.4 cm³/mol. The van der Waals surface area contributed by atoms with Gasteiger partial charge in [0.1, 0.15) is 0 Å². The van der Waals surface area contributed by atoms with Crippen LogP contribution < -0.4 is 5.32 Å². The highest BCUT2D eigenvalue weighted by Gasteiger charge is 2.06. The molecule has 0 fully saturated rings. The van der Waals surface area contributed by atoms with Crippen molar-refractivity contribution in [3.63, 3.8) is 0 Å². The summed E-state index contributed by atoms with van der Waals surface area (Å²) in [5.41, 5.74) is 1.61. The zero-order valence-corrected chi connectivity index (χ0v) is 8.03. The van der Waals surface area contributed by atoms with Gasteiger partial charge in [0.25, 0.3) is 0 Å². The Bertz CT molecular complexity index is 478. The van der Waals surface area contributed by atoms with E-state index in [1.807, 2.05) is 6.07 Å². The molecule has 0 aliphatic rings. The topological polar surface area (TPSA) is 78.0 Å². The zero-order chi connectivity index (χ0) is 10.7. The molecule has 2 aromatic heterocycles. The van der Waals surface area contributed by atoms with Crippen molar-refractivity contribution in [1.29, 1.82) is 0 Å². The van der Waals surface area contributed by atoms with Crippen molar-refractivity contribution in [2.24, 2.45) is 0 Å². The number of aliphatic hydroxyl groups is 1. The van der Waals surface area contributed by atoms with Crippen LogP contribution in [-0.4, -0.2) is 27.6 Å². The number of anilines is 1. The molecule has 0 spiro atoms. The number of aromatic nitrogens is 2. The maximum Gasteiger partial charge on any atom is 0.226 e. The van der Waals surface area contributed by atoms with Crippen molar-refractivity contribution in [3.05, 3.63) is 24.7 Å². The Hall–Kier alpha value is -1.88. The first-order valence-electron chi connectivity index (χ1n) is 4.63. The van der Waals surface area contributed by atoms with Crippen LogP contribution in [0, 0.1) is 0 Å². The van der Waals surface area contributed by atoms with E-state index < -0.39 is 0 Å². The quantitative estimate of drug-likeness (QED) is 0.696. The van der Waals surface area contributed by atoms with Gasteiger partial charge in [-0.15, -0.1) is 0 Å². The number of nitrogens with one attached hydrogen (secondary N) is 2. The highest BCUT2D eigenvalue weighted by atomic mass is 16.3. The average Bonchev–Trinajstić information content (AvgIpc) is 2.62. The standard InChI is InChI=1S/C10H11N3O2/c14-4-2-10(15)13-9-6-12-8-1-3-11-5-7(8)9/h1,3,5-6,12,14H,2,4H2,(H,13,15). The third-order valence-electron chi connectivity index (χ3n) is 2.10. The molecule has 0 aliphatic heterocycles. The molecule has 1 amide bonds. The molecule has 2 rings (SSSR count). The number of carbonyl (C=O) groups excluding carboxylic acids is 1. The summed E-state index contributed by atoms with van der Waals surface area (Å²) >= 11 is 0. The maximum absolute atomic E-state index is 11.2. The molecule has 0 atom stereocenters. The molecule has 5 nitrogen and oxygen atoms in total. The van der Waals surface area contributed by atoms with Crippen LogP contribution in [0.4, 0.5) is 5.69 Å². The summed E-state index contributed by atoms with van der Waals surface area (Å²) in [5.74, 6) is -0.206. The number of hydrogen-bond acceptors (Lipinski definition) is 3. The Morgan fingerprint density at radius 2 is 2.47 bits per heavy atom. The lowest BCUT2D eigenvalue weighted by molar-refractivity contribution is -0.116. The van der Waals surface area contributed by atoms with E-state index in [2.05, 4.69) is 15.3 Å². The number of carbonyl (C=O) groups is 1. The van der Waals surface area contributed by atoms with Crippen molar-refractivity contribution in [2.45, 2.75) is 6.42 Å². The largest absolute Gasteiger partial charge is 0.396 e. The van der Waals surface area contributed by atoms with Gasteiger partial charge in [-0.2, -0.15) is 0 Å². The molecule has 0 radical (unpaired) electrons. The van der Waals surface area contributed by atoms with Crippen molar-refractivity contribution in [3.8, 4) is 0 Å². The van der Waals surface area contributed by atoms with Crippen molar-refractivity contribution >= 4 is 22.5 Å². The second-order valence-electron chi connectivity index (χ2n) is 3.15. The van der Waals surface area contributed by atoms with E-state index in [9.17, 15) is 4.79 Å². The molecule has 3 N–H and O–H groups in total. The smallest absolute Gasteiger partial charge is 0.226 e. The number of rotatable bonds is 3. The molecule has 0 aliphatic carbocycles. The summed E-state index contributed by atoms with van der Waals surface area (Å²) < 4.78 is 0. The zero-order valence-electron chi connectivity index (χ0n) is 8.03. The van der Waals surface area contributed by atoms with E-state index in [1.165, 1.54) is 0 Å². The van der Waals surface area contributed by atoms with E-state index in [4.69, 9.17) is 5.11 Å². The lowest BCUT2D eigenvalue weighted by atomic mass is 10.3. The first-order valence-corrected chi connectivity index (χ1v) is 4.63. The van der Waals surface area contributed by atoms with Crippen LogP contribution in [0.2, 0.25) is 0 Å². The molecule has 0 saturated carbocycles. The summed E-state index contributed by atoms with van der Waals surface area (Å²) in [7, 11) is 0. The highest BCUT2D eigenvalue weighted by Crippen LogP contribution is 2.21. The number of fused-ring (bicyclic) bond motifs is 1. The fraction of sp³-hybridized carbons (Fsp3) is 0.200. The van der Waals surface area contributed by atoms with Gasteiger partial charge in [-0.05, 0) is 6.07 Å². The SMILES string of the molecule is O=C(CCO)Nc1c[nH]c2ccncc12. The Labute approximate surface area is 86.1 Å². The fourth-order valence-corrected chi connectivity index (χ4v) is 1.38. The molecule has 2 heterocycles. The van der Waals surface area contributed by atoms with Gasteiger partial charge in [0, 0.05) is 24.0 Å². The van der Waals surface area contributed by atoms with Crippen molar-refractivity contribution in [1.82, 2.24) is 9.97 Å². The second-order valence-corrected chi connectivity index (χ2v) is 3.15. The number of H-pyrrole nitrogens is 1. The Morgan fingerprint density at radius 1 is 1.60 bits per heavy atom. The molecule has 0 unspecified atom stereocenters. The summed E-state index contributed by atoms with van der Waals surface area (Å²) in [5, 5.41) is 12.2. The van der Waals surface area contributed by atoms with Gasteiger partial charge in [-0.3, -0.25) is 9.78 Å². The molecule has 0 bridgehead atoms. The van der Waals surface area contributed by atoms with Crippen LogP contribution in [-0.2, 0) is 4.79 Å². The normalized spacial score (nSPS) is 10.5. The first kappa shape index (κ1) is 9.67. The lowest BCUT2D eigenvalue weighted by Crippen LogP contribution is -2.12. The second kappa shape index (κ2) is 4.10. The number of aromatic amines is 1. The third-order valence-corrected chi connectivity index (χ3v) is 2.10. The van der Waals surface area contributed by atoms with Crippen molar-refractivity contribution < 1.29 is 9.90 Å². The molecule has 78 valence electrons. The summed E-state index contributed by atoms with van der Waals surface area (Å²) in [6.45, 7) is -0.146. The highest BCUT2D eigenvalue weighted by molar-refractivity contribution is 6.01. The minimum absolute atomic E-state index is 0.104. The lowest BCUT2D eigenvalue weighted by Gasteiger charge is -2.01. The summed E-state index contributed by atoms with van der Waals surface area (Å²) in [4.78, 5) is 18.2. The molecule has 0 aromatic carbocycles. The van der Waals surface area contributed by atoms with Gasteiger partial charge in [0.2, 0.25) is 5.91 Å². The van der Waals surface area contributed by atoms with Crippen LogP contribution in [0.3, 0.4) is 0 Å². The minimum atomic E-state index is -0.206.